The molecule has 1 amide bonds. The molecule has 3 N–H and O–H groups in total. The zero-order chi connectivity index (χ0) is 19.1. The number of aromatic nitrogens is 3. The third-order valence-corrected chi connectivity index (χ3v) is 5.64. The summed E-state index contributed by atoms with van der Waals surface area (Å²) in [7, 11) is 0. The van der Waals surface area contributed by atoms with Gasteiger partial charge in [0.1, 0.15) is 17.5 Å². The van der Waals surface area contributed by atoms with E-state index in [1.807, 2.05) is 18.2 Å². The molecule has 1 spiro atoms. The molecule has 8 heteroatoms. The normalized spacial score (nSPS) is 27.7. The average molecular weight is 372 g/mol. The Bertz CT molecular complexity index is 812. The van der Waals surface area contributed by atoms with Gasteiger partial charge < -0.3 is 19.8 Å². The molecule has 4 rings (SSSR count). The highest BCUT2D eigenvalue weighted by atomic mass is 16.5. The second-order valence-corrected chi connectivity index (χ2v) is 7.72. The molecule has 0 saturated carbocycles. The van der Waals surface area contributed by atoms with E-state index in [-0.39, 0.29) is 12.5 Å². The second-order valence-electron chi connectivity index (χ2n) is 7.72. The van der Waals surface area contributed by atoms with Crippen LogP contribution in [0.5, 0.6) is 0 Å². The lowest BCUT2D eigenvalue weighted by Gasteiger charge is -2.49. The zero-order valence-electron chi connectivity index (χ0n) is 15.3. The molecule has 2 saturated heterocycles. The SMILES string of the molecule is C[C@]1(O)CC2(CCN(C(=O)c3cc(-c4ccccn4)n[nH]3)CC2)OC[C@@H]1O. The second kappa shape index (κ2) is 6.70. The maximum Gasteiger partial charge on any atom is 0.271 e. The van der Waals surface area contributed by atoms with E-state index in [1.165, 1.54) is 0 Å². The Morgan fingerprint density at radius 2 is 2.11 bits per heavy atom. The van der Waals surface area contributed by atoms with Gasteiger partial charge >= 0.3 is 0 Å². The van der Waals surface area contributed by atoms with Crippen LogP contribution in [0.3, 0.4) is 0 Å². The molecule has 27 heavy (non-hydrogen) atoms. The quantitative estimate of drug-likeness (QED) is 0.725. The van der Waals surface area contributed by atoms with Gasteiger partial charge in [0.15, 0.2) is 0 Å². The number of aliphatic hydroxyl groups is 2. The van der Waals surface area contributed by atoms with Gasteiger partial charge in [-0.25, -0.2) is 0 Å². The minimum Gasteiger partial charge on any atom is -0.388 e. The number of carbonyl (C=O) groups excluding carboxylic acids is 1. The van der Waals surface area contributed by atoms with Crippen LogP contribution < -0.4 is 0 Å². The minimum atomic E-state index is -1.16. The number of ether oxygens (including phenoxy) is 1. The third kappa shape index (κ3) is 3.47. The summed E-state index contributed by atoms with van der Waals surface area (Å²) in [6.45, 7) is 2.82. The van der Waals surface area contributed by atoms with Gasteiger partial charge in [0, 0.05) is 25.7 Å². The molecule has 2 atom stereocenters. The largest absolute Gasteiger partial charge is 0.388 e. The van der Waals surface area contributed by atoms with Gasteiger partial charge in [-0.2, -0.15) is 5.10 Å². The Kier molecular flexibility index (Phi) is 4.49. The maximum atomic E-state index is 12.8. The number of hydrogen-bond acceptors (Lipinski definition) is 6. The molecule has 8 nitrogen and oxygen atoms in total. The summed E-state index contributed by atoms with van der Waals surface area (Å²) in [5.74, 6) is -0.109. The summed E-state index contributed by atoms with van der Waals surface area (Å²) in [6, 6.07) is 7.26. The molecule has 0 unspecified atom stereocenters. The highest BCUT2D eigenvalue weighted by Crippen LogP contribution is 2.39. The Morgan fingerprint density at radius 3 is 2.78 bits per heavy atom. The van der Waals surface area contributed by atoms with E-state index in [0.717, 1.165) is 0 Å². The van der Waals surface area contributed by atoms with Crippen molar-refractivity contribution >= 4 is 5.91 Å². The lowest BCUT2D eigenvalue weighted by Crippen LogP contribution is -2.59. The first kappa shape index (κ1) is 18.1. The van der Waals surface area contributed by atoms with Crippen LogP contribution in [0, 0.1) is 0 Å². The molecule has 0 radical (unpaired) electrons. The first-order valence-corrected chi connectivity index (χ1v) is 9.19. The predicted molar refractivity (Wildman–Crippen MR) is 96.9 cm³/mol. The van der Waals surface area contributed by atoms with Crippen molar-refractivity contribution in [1.29, 1.82) is 0 Å². The summed E-state index contributed by atoms with van der Waals surface area (Å²) >= 11 is 0. The van der Waals surface area contributed by atoms with E-state index < -0.39 is 17.3 Å². The number of aliphatic hydroxyl groups excluding tert-OH is 1. The van der Waals surface area contributed by atoms with E-state index in [0.29, 0.717) is 49.4 Å². The fraction of sp³-hybridized carbons (Fsp3) is 0.526. The van der Waals surface area contributed by atoms with Crippen LogP contribution >= 0.6 is 0 Å². The van der Waals surface area contributed by atoms with Gasteiger partial charge in [-0.1, -0.05) is 6.07 Å². The first-order valence-electron chi connectivity index (χ1n) is 9.19. The smallest absolute Gasteiger partial charge is 0.271 e. The van der Waals surface area contributed by atoms with E-state index >= 15 is 0 Å². The first-order chi connectivity index (χ1) is 12.9. The van der Waals surface area contributed by atoms with Gasteiger partial charge in [-0.15, -0.1) is 0 Å². The number of aromatic amines is 1. The summed E-state index contributed by atoms with van der Waals surface area (Å²) in [4.78, 5) is 18.8. The number of H-pyrrole nitrogens is 1. The topological polar surface area (TPSA) is 112 Å². The minimum absolute atomic E-state index is 0.109. The van der Waals surface area contributed by atoms with Crippen LogP contribution in [0.2, 0.25) is 0 Å². The summed E-state index contributed by atoms with van der Waals surface area (Å²) in [5.41, 5.74) is 0.131. The Hall–Kier alpha value is -2.29. The highest BCUT2D eigenvalue weighted by Gasteiger charge is 2.49. The Balaban J connectivity index is 1.42. The fourth-order valence-corrected chi connectivity index (χ4v) is 3.94. The lowest BCUT2D eigenvalue weighted by molar-refractivity contribution is -0.221. The molecule has 2 aliphatic heterocycles. The van der Waals surface area contributed by atoms with Crippen LogP contribution in [0.15, 0.2) is 30.5 Å². The number of rotatable bonds is 2. The van der Waals surface area contributed by atoms with Crippen LogP contribution in [-0.2, 0) is 4.74 Å². The van der Waals surface area contributed by atoms with E-state index in [4.69, 9.17) is 4.74 Å². The number of nitrogens with one attached hydrogen (secondary N) is 1. The van der Waals surface area contributed by atoms with Gasteiger partial charge in [-0.05, 0) is 38.0 Å². The van der Waals surface area contributed by atoms with E-state index in [9.17, 15) is 15.0 Å². The van der Waals surface area contributed by atoms with Crippen molar-refractivity contribution in [3.8, 4) is 11.4 Å². The van der Waals surface area contributed by atoms with Gasteiger partial charge in [-0.3, -0.25) is 14.9 Å². The predicted octanol–water partition coefficient (Wildman–Crippen LogP) is 0.979. The Morgan fingerprint density at radius 1 is 1.33 bits per heavy atom. The number of hydrogen-bond donors (Lipinski definition) is 3. The monoisotopic (exact) mass is 372 g/mol. The number of amides is 1. The number of likely N-dealkylation sites (tertiary alicyclic amines) is 1. The highest BCUT2D eigenvalue weighted by molar-refractivity contribution is 5.93. The third-order valence-electron chi connectivity index (χ3n) is 5.64. The lowest BCUT2D eigenvalue weighted by atomic mass is 9.76. The van der Waals surface area contributed by atoms with Crippen molar-refractivity contribution in [2.75, 3.05) is 19.7 Å². The number of nitrogens with zero attached hydrogens (tertiary/aromatic N) is 3. The Labute approximate surface area is 157 Å². The standard InChI is InChI=1S/C19H24N4O4/c1-18(26)12-19(27-11-16(18)24)5-8-23(9-6-19)17(25)15-10-14(21-22-15)13-4-2-3-7-20-13/h2-4,7,10,16,24,26H,5-6,8-9,11-12H2,1H3,(H,21,22)/t16-,18-/m0/s1. The molecular formula is C19H24N4O4. The molecule has 0 aromatic carbocycles. The zero-order valence-corrected chi connectivity index (χ0v) is 15.3. The molecular weight excluding hydrogens is 348 g/mol. The van der Waals surface area contributed by atoms with Crippen molar-refractivity contribution in [3.05, 3.63) is 36.2 Å². The van der Waals surface area contributed by atoms with Crippen LogP contribution in [0.1, 0.15) is 36.7 Å². The maximum absolute atomic E-state index is 12.8. The summed E-state index contributed by atoms with van der Waals surface area (Å²) in [5, 5.41) is 27.3. The van der Waals surface area contributed by atoms with Gasteiger partial charge in [0.2, 0.25) is 0 Å². The molecule has 2 aliphatic rings. The van der Waals surface area contributed by atoms with E-state index in [1.54, 1.807) is 24.1 Å². The van der Waals surface area contributed by atoms with Crippen molar-refractivity contribution in [1.82, 2.24) is 20.1 Å². The van der Waals surface area contributed by atoms with Gasteiger partial charge in [0.05, 0.1) is 23.5 Å². The number of carbonyl (C=O) groups is 1. The van der Waals surface area contributed by atoms with Crippen LogP contribution in [0.25, 0.3) is 11.4 Å². The average Bonchev–Trinajstić information content (AvgIpc) is 3.16. The number of pyridine rings is 1. The molecule has 0 bridgehead atoms. The van der Waals surface area contributed by atoms with Crippen molar-refractivity contribution in [2.45, 2.75) is 43.5 Å². The van der Waals surface area contributed by atoms with Crippen LogP contribution in [-0.4, -0.2) is 73.2 Å². The summed E-state index contributed by atoms with van der Waals surface area (Å²) in [6.07, 6.45) is 2.44. The van der Waals surface area contributed by atoms with Crippen LogP contribution in [0.4, 0.5) is 0 Å². The van der Waals surface area contributed by atoms with Gasteiger partial charge in [0.25, 0.3) is 5.91 Å². The molecule has 144 valence electrons. The molecule has 4 heterocycles. The van der Waals surface area contributed by atoms with Crippen molar-refractivity contribution in [2.24, 2.45) is 0 Å². The molecule has 2 fully saturated rings. The molecule has 2 aromatic heterocycles. The molecule has 0 aliphatic carbocycles. The number of piperidine rings is 1. The summed E-state index contributed by atoms with van der Waals surface area (Å²) < 4.78 is 5.87. The molecule has 2 aromatic rings. The fourth-order valence-electron chi connectivity index (χ4n) is 3.94. The van der Waals surface area contributed by atoms with E-state index in [2.05, 4.69) is 15.2 Å². The van der Waals surface area contributed by atoms with Crippen molar-refractivity contribution in [3.63, 3.8) is 0 Å². The van der Waals surface area contributed by atoms with Crippen molar-refractivity contribution < 1.29 is 19.7 Å².